The van der Waals surface area contributed by atoms with Crippen LogP contribution in [0.3, 0.4) is 0 Å². The molecule has 0 aromatic heterocycles. The van der Waals surface area contributed by atoms with Gasteiger partial charge in [-0.2, -0.15) is 0 Å². The number of carbonyl (C=O) groups is 2. The fourth-order valence-corrected chi connectivity index (χ4v) is 4.26. The number of hydrogen-bond acceptors (Lipinski definition) is 2. The third kappa shape index (κ3) is 7.08. The number of rotatable bonds is 9. The van der Waals surface area contributed by atoms with Gasteiger partial charge in [-0.15, -0.1) is 0 Å². The number of benzene rings is 3. The van der Waals surface area contributed by atoms with Gasteiger partial charge in [-0.1, -0.05) is 89.4 Å². The third-order valence-electron chi connectivity index (χ3n) is 5.41. The van der Waals surface area contributed by atoms with Crippen molar-refractivity contribution >= 4 is 35.0 Å². The highest BCUT2D eigenvalue weighted by Crippen LogP contribution is 2.23. The fourth-order valence-electron chi connectivity index (χ4n) is 3.78. The minimum absolute atomic E-state index is 0.0759. The summed E-state index contributed by atoms with van der Waals surface area (Å²) in [5.74, 6) is -0.350. The van der Waals surface area contributed by atoms with E-state index >= 15 is 0 Å². The lowest BCUT2D eigenvalue weighted by atomic mass is 10.0. The van der Waals surface area contributed by atoms with E-state index < -0.39 is 6.04 Å². The van der Waals surface area contributed by atoms with Crippen LogP contribution < -0.4 is 5.32 Å². The van der Waals surface area contributed by atoms with Crippen LogP contribution in [0.15, 0.2) is 72.8 Å². The zero-order valence-electron chi connectivity index (χ0n) is 18.9. The van der Waals surface area contributed by atoms with Gasteiger partial charge in [-0.25, -0.2) is 0 Å². The Morgan fingerprint density at radius 1 is 0.939 bits per heavy atom. The number of nitrogens with zero attached hydrogens (tertiary/aromatic N) is 1. The van der Waals surface area contributed by atoms with E-state index in [2.05, 4.69) is 5.32 Å². The number of aryl methyl sites for hydroxylation is 1. The third-order valence-corrected chi connectivity index (χ3v) is 6.00. The second kappa shape index (κ2) is 11.9. The molecule has 0 aliphatic carbocycles. The van der Waals surface area contributed by atoms with Crippen molar-refractivity contribution in [2.45, 2.75) is 39.3 Å². The molecule has 1 atom stereocenters. The molecular weight excluding hydrogens is 455 g/mol. The Morgan fingerprint density at radius 3 is 2.33 bits per heavy atom. The van der Waals surface area contributed by atoms with E-state index in [0.29, 0.717) is 35.1 Å². The van der Waals surface area contributed by atoms with Crippen LogP contribution in [0.5, 0.6) is 0 Å². The molecule has 0 aliphatic rings. The first-order chi connectivity index (χ1) is 15.9. The van der Waals surface area contributed by atoms with Crippen LogP contribution in [-0.2, 0) is 29.0 Å². The predicted octanol–water partition coefficient (Wildman–Crippen LogP) is 5.62. The van der Waals surface area contributed by atoms with Crippen molar-refractivity contribution in [1.82, 2.24) is 10.2 Å². The molecule has 3 rings (SSSR count). The highest BCUT2D eigenvalue weighted by atomic mass is 35.5. The summed E-state index contributed by atoms with van der Waals surface area (Å²) in [6, 6.07) is 22.2. The van der Waals surface area contributed by atoms with E-state index in [1.807, 2.05) is 68.4 Å². The van der Waals surface area contributed by atoms with E-state index in [9.17, 15) is 9.59 Å². The average molecular weight is 483 g/mol. The van der Waals surface area contributed by atoms with Gasteiger partial charge in [-0.05, 0) is 42.7 Å². The number of nitrogens with one attached hydrogen (secondary N) is 1. The maximum Gasteiger partial charge on any atom is 0.243 e. The van der Waals surface area contributed by atoms with Gasteiger partial charge in [0.15, 0.2) is 0 Å². The lowest BCUT2D eigenvalue weighted by Gasteiger charge is -2.32. The Bertz CT molecular complexity index is 1100. The number of hydrogen-bond donors (Lipinski definition) is 1. The van der Waals surface area contributed by atoms with E-state index in [-0.39, 0.29) is 18.2 Å². The summed E-state index contributed by atoms with van der Waals surface area (Å²) in [5.41, 5.74) is 3.72. The molecule has 0 unspecified atom stereocenters. The van der Waals surface area contributed by atoms with Crippen molar-refractivity contribution in [3.8, 4) is 0 Å². The standard InChI is InChI=1S/C27H28Cl2N2O2/c1-3-30-27(33)25(15-20-9-5-4-6-10-20)31(18-21-11-7-8-19(2)14-21)26(32)16-22-12-13-23(28)17-24(22)29/h4-14,17,25H,3,15-16,18H2,1-2H3,(H,30,33)/t25-/m0/s1. The van der Waals surface area contributed by atoms with Gasteiger partial charge in [0, 0.05) is 29.6 Å². The Kier molecular flexibility index (Phi) is 8.93. The molecule has 33 heavy (non-hydrogen) atoms. The Balaban J connectivity index is 1.97. The number of amides is 2. The molecule has 2 amide bonds. The number of carbonyl (C=O) groups excluding carboxylic acids is 2. The van der Waals surface area contributed by atoms with Crippen molar-refractivity contribution in [2.24, 2.45) is 0 Å². The quantitative estimate of drug-likeness (QED) is 0.430. The van der Waals surface area contributed by atoms with Crippen molar-refractivity contribution in [3.05, 3.63) is 105 Å². The molecule has 0 saturated heterocycles. The van der Waals surface area contributed by atoms with Crippen molar-refractivity contribution in [1.29, 1.82) is 0 Å². The minimum atomic E-state index is -0.661. The molecule has 0 radical (unpaired) electrons. The van der Waals surface area contributed by atoms with Gasteiger partial charge in [0.1, 0.15) is 6.04 Å². The Hall–Kier alpha value is -2.82. The summed E-state index contributed by atoms with van der Waals surface area (Å²) in [7, 11) is 0. The van der Waals surface area contributed by atoms with Crippen LogP contribution >= 0.6 is 23.2 Å². The van der Waals surface area contributed by atoms with Gasteiger partial charge in [-0.3, -0.25) is 9.59 Å². The van der Waals surface area contributed by atoms with Crippen molar-refractivity contribution < 1.29 is 9.59 Å². The van der Waals surface area contributed by atoms with Crippen molar-refractivity contribution in [3.63, 3.8) is 0 Å². The van der Waals surface area contributed by atoms with Gasteiger partial charge in [0.25, 0.3) is 0 Å². The first kappa shape index (κ1) is 24.8. The maximum absolute atomic E-state index is 13.6. The van der Waals surface area contributed by atoms with Gasteiger partial charge < -0.3 is 10.2 Å². The summed E-state index contributed by atoms with van der Waals surface area (Å²) in [6.45, 7) is 4.69. The van der Waals surface area contributed by atoms with Crippen LogP contribution in [0.1, 0.15) is 29.2 Å². The highest BCUT2D eigenvalue weighted by molar-refractivity contribution is 6.35. The topological polar surface area (TPSA) is 49.4 Å². The summed E-state index contributed by atoms with van der Waals surface area (Å²) in [6.07, 6.45) is 0.491. The molecular formula is C27H28Cl2N2O2. The first-order valence-electron chi connectivity index (χ1n) is 11.0. The van der Waals surface area contributed by atoms with Gasteiger partial charge >= 0.3 is 0 Å². The van der Waals surface area contributed by atoms with E-state index in [0.717, 1.165) is 16.7 Å². The normalized spacial score (nSPS) is 11.6. The zero-order chi connectivity index (χ0) is 23.8. The highest BCUT2D eigenvalue weighted by Gasteiger charge is 2.30. The molecule has 1 N–H and O–H groups in total. The second-order valence-corrected chi connectivity index (χ2v) is 8.87. The average Bonchev–Trinajstić information content (AvgIpc) is 2.79. The van der Waals surface area contributed by atoms with Crippen LogP contribution in [0.4, 0.5) is 0 Å². The van der Waals surface area contributed by atoms with Crippen LogP contribution in [-0.4, -0.2) is 29.3 Å². The number of halogens is 2. The second-order valence-electron chi connectivity index (χ2n) is 8.02. The molecule has 3 aromatic rings. The lowest BCUT2D eigenvalue weighted by Crippen LogP contribution is -2.51. The summed E-state index contributed by atoms with van der Waals surface area (Å²) in [5, 5.41) is 3.85. The molecule has 0 saturated carbocycles. The minimum Gasteiger partial charge on any atom is -0.355 e. The molecule has 0 bridgehead atoms. The van der Waals surface area contributed by atoms with Crippen molar-refractivity contribution in [2.75, 3.05) is 6.54 Å². The fraction of sp³-hybridized carbons (Fsp3) is 0.259. The van der Waals surface area contributed by atoms with Crippen LogP contribution in [0.2, 0.25) is 10.0 Å². The van der Waals surface area contributed by atoms with E-state index in [1.54, 1.807) is 23.1 Å². The molecule has 6 heteroatoms. The van der Waals surface area contributed by atoms with Crippen LogP contribution in [0.25, 0.3) is 0 Å². The zero-order valence-corrected chi connectivity index (χ0v) is 20.4. The predicted molar refractivity (Wildman–Crippen MR) is 135 cm³/mol. The summed E-state index contributed by atoms with van der Waals surface area (Å²) < 4.78 is 0. The molecule has 0 heterocycles. The Morgan fingerprint density at radius 2 is 1.67 bits per heavy atom. The van der Waals surface area contributed by atoms with Crippen LogP contribution in [0, 0.1) is 6.92 Å². The van der Waals surface area contributed by atoms with E-state index in [4.69, 9.17) is 23.2 Å². The molecule has 3 aromatic carbocycles. The SMILES string of the molecule is CCNC(=O)[C@H](Cc1ccccc1)N(Cc1cccc(C)c1)C(=O)Cc1ccc(Cl)cc1Cl. The maximum atomic E-state index is 13.6. The molecule has 0 aliphatic heterocycles. The summed E-state index contributed by atoms with van der Waals surface area (Å²) in [4.78, 5) is 28.5. The lowest BCUT2D eigenvalue weighted by molar-refractivity contribution is -0.140. The van der Waals surface area contributed by atoms with Gasteiger partial charge in [0.05, 0.1) is 6.42 Å². The monoisotopic (exact) mass is 482 g/mol. The largest absolute Gasteiger partial charge is 0.355 e. The molecule has 0 fully saturated rings. The first-order valence-corrected chi connectivity index (χ1v) is 11.7. The smallest absolute Gasteiger partial charge is 0.243 e. The van der Waals surface area contributed by atoms with E-state index in [1.165, 1.54) is 0 Å². The Labute approximate surface area is 205 Å². The molecule has 4 nitrogen and oxygen atoms in total. The molecule has 0 spiro atoms. The molecule has 172 valence electrons. The number of likely N-dealkylation sites (N-methyl/N-ethyl adjacent to an activating group) is 1. The van der Waals surface area contributed by atoms with Gasteiger partial charge in [0.2, 0.25) is 11.8 Å². The summed E-state index contributed by atoms with van der Waals surface area (Å²) >= 11 is 12.4.